The highest BCUT2D eigenvalue weighted by molar-refractivity contribution is 6.12. The predicted octanol–water partition coefficient (Wildman–Crippen LogP) is 2.52. The van der Waals surface area contributed by atoms with Crippen molar-refractivity contribution in [2.75, 3.05) is 6.54 Å². The van der Waals surface area contributed by atoms with Gasteiger partial charge in [-0.25, -0.2) is 4.39 Å². The van der Waals surface area contributed by atoms with E-state index in [2.05, 4.69) is 5.32 Å². The van der Waals surface area contributed by atoms with E-state index in [0.717, 1.165) is 5.56 Å². The van der Waals surface area contributed by atoms with Gasteiger partial charge in [-0.2, -0.15) is 0 Å². The lowest BCUT2D eigenvalue weighted by Crippen LogP contribution is -2.33. The Morgan fingerprint density at radius 1 is 1.22 bits per heavy atom. The van der Waals surface area contributed by atoms with Crippen molar-refractivity contribution in [1.29, 1.82) is 0 Å². The molecule has 0 spiro atoms. The quantitative estimate of drug-likeness (QED) is 0.850. The zero-order chi connectivity index (χ0) is 16.4. The molecule has 0 unspecified atom stereocenters. The Labute approximate surface area is 131 Å². The molecule has 1 aromatic carbocycles. The maximum absolute atomic E-state index is 12.9. The van der Waals surface area contributed by atoms with Gasteiger partial charge in [0.25, 0.3) is 5.91 Å². The van der Waals surface area contributed by atoms with Crippen LogP contribution in [0.1, 0.15) is 28.3 Å². The van der Waals surface area contributed by atoms with Crippen molar-refractivity contribution in [1.82, 2.24) is 5.32 Å². The normalized spacial score (nSPS) is 14.7. The molecule has 2 heterocycles. The minimum absolute atomic E-state index is 0.0523. The van der Waals surface area contributed by atoms with E-state index < -0.39 is 17.4 Å². The minimum atomic E-state index is -0.655. The summed E-state index contributed by atoms with van der Waals surface area (Å²) in [6.45, 7) is 0.299. The van der Waals surface area contributed by atoms with Gasteiger partial charge in [-0.3, -0.25) is 9.59 Å². The second-order valence-corrected chi connectivity index (χ2v) is 5.23. The third kappa shape index (κ3) is 3.15. The van der Waals surface area contributed by atoms with Crippen LogP contribution in [0.4, 0.5) is 4.39 Å². The summed E-state index contributed by atoms with van der Waals surface area (Å²) in [7, 11) is 0. The monoisotopic (exact) mass is 315 g/mol. The summed E-state index contributed by atoms with van der Waals surface area (Å²) < 4.78 is 18.4. The lowest BCUT2D eigenvalue weighted by Gasteiger charge is -2.14. The van der Waals surface area contributed by atoms with Crippen LogP contribution in [0.25, 0.3) is 0 Å². The van der Waals surface area contributed by atoms with E-state index >= 15 is 0 Å². The molecule has 1 aliphatic rings. The third-order valence-electron chi connectivity index (χ3n) is 3.61. The molecule has 23 heavy (non-hydrogen) atoms. The Bertz CT molecular complexity index is 789. The number of benzene rings is 1. The largest absolute Gasteiger partial charge is 0.503 e. The van der Waals surface area contributed by atoms with Crippen LogP contribution < -0.4 is 5.32 Å². The first-order chi connectivity index (χ1) is 11.0. The number of furan rings is 1. The Hall–Kier alpha value is -2.89. The number of ketones is 1. The van der Waals surface area contributed by atoms with Gasteiger partial charge in [-0.15, -0.1) is 0 Å². The molecule has 1 amide bonds. The maximum atomic E-state index is 12.9. The molecule has 2 aromatic rings. The molecule has 1 aromatic heterocycles. The molecule has 0 saturated heterocycles. The number of Topliss-reactive ketones (excluding diaryl/α,β-unsaturated/α-hetero) is 1. The van der Waals surface area contributed by atoms with Crippen molar-refractivity contribution >= 4 is 11.7 Å². The van der Waals surface area contributed by atoms with Gasteiger partial charge in [0.2, 0.25) is 5.78 Å². The number of amides is 1. The van der Waals surface area contributed by atoms with Crippen LogP contribution in [0.2, 0.25) is 0 Å². The van der Waals surface area contributed by atoms with Crippen LogP contribution in [-0.2, 0) is 11.2 Å². The fourth-order valence-corrected chi connectivity index (χ4v) is 2.41. The fourth-order valence-electron chi connectivity index (χ4n) is 2.41. The number of hydrogen-bond donors (Lipinski definition) is 2. The molecule has 0 atom stereocenters. The van der Waals surface area contributed by atoms with Crippen LogP contribution in [0, 0.1) is 5.82 Å². The molecule has 2 N–H and O–H groups in total. The van der Waals surface area contributed by atoms with Crippen LogP contribution in [-0.4, -0.2) is 23.3 Å². The van der Waals surface area contributed by atoms with Gasteiger partial charge in [-0.05, 0) is 36.2 Å². The summed E-state index contributed by atoms with van der Waals surface area (Å²) in [5.41, 5.74) is 0.898. The van der Waals surface area contributed by atoms with Crippen molar-refractivity contribution in [3.8, 4) is 0 Å². The van der Waals surface area contributed by atoms with E-state index in [1.165, 1.54) is 18.2 Å². The van der Waals surface area contributed by atoms with E-state index in [4.69, 9.17) is 4.42 Å². The molecular weight excluding hydrogens is 301 g/mol. The van der Waals surface area contributed by atoms with Crippen LogP contribution in [0.3, 0.4) is 0 Å². The van der Waals surface area contributed by atoms with Crippen LogP contribution in [0.5, 0.6) is 0 Å². The topological polar surface area (TPSA) is 79.5 Å². The molecule has 1 aliphatic heterocycles. The number of carbonyl (C=O) groups is 2. The first kappa shape index (κ1) is 15.0. The predicted molar refractivity (Wildman–Crippen MR) is 79.5 cm³/mol. The molecule has 118 valence electrons. The average Bonchev–Trinajstić information content (AvgIpc) is 3.00. The summed E-state index contributed by atoms with van der Waals surface area (Å²) in [5, 5.41) is 12.2. The summed E-state index contributed by atoms with van der Waals surface area (Å²) in [6.07, 6.45) is 0.670. The van der Waals surface area contributed by atoms with E-state index in [-0.39, 0.29) is 23.6 Å². The Morgan fingerprint density at radius 3 is 2.70 bits per heavy atom. The summed E-state index contributed by atoms with van der Waals surface area (Å²) in [6, 6.07) is 9.14. The molecule has 0 aliphatic carbocycles. The smallest absolute Gasteiger partial charge is 0.286 e. The molecule has 0 fully saturated rings. The summed E-state index contributed by atoms with van der Waals surface area (Å²) >= 11 is 0. The number of aliphatic hydroxyl groups excluding tert-OH is 1. The number of rotatable bonds is 4. The number of carbonyl (C=O) groups excluding carboxylic acids is 2. The second-order valence-electron chi connectivity index (χ2n) is 5.23. The highest BCUT2D eigenvalue weighted by Crippen LogP contribution is 2.21. The first-order valence-corrected chi connectivity index (χ1v) is 7.13. The maximum Gasteiger partial charge on any atom is 0.286 e. The van der Waals surface area contributed by atoms with E-state index in [1.807, 2.05) is 0 Å². The molecular formula is C17H14FNO4. The standard InChI is InChI=1S/C17H14FNO4/c18-11-3-1-10(2-4-11)9-12-5-6-14(23-12)15(20)13-7-8-19-17(22)16(13)21/h1-6,21H,7-9H2,(H,19,22). The van der Waals surface area contributed by atoms with E-state index in [1.54, 1.807) is 18.2 Å². The minimum Gasteiger partial charge on any atom is -0.503 e. The number of aliphatic hydroxyl groups is 1. The van der Waals surface area contributed by atoms with Crippen LogP contribution in [0.15, 0.2) is 52.1 Å². The zero-order valence-electron chi connectivity index (χ0n) is 12.1. The average molecular weight is 315 g/mol. The van der Waals surface area contributed by atoms with Gasteiger partial charge in [0, 0.05) is 13.0 Å². The van der Waals surface area contributed by atoms with Gasteiger partial charge in [0.1, 0.15) is 11.6 Å². The molecule has 0 bridgehead atoms. The lowest BCUT2D eigenvalue weighted by atomic mass is 10.0. The number of halogens is 1. The van der Waals surface area contributed by atoms with Crippen molar-refractivity contribution < 1.29 is 23.5 Å². The molecule has 0 saturated carbocycles. The highest BCUT2D eigenvalue weighted by atomic mass is 19.1. The van der Waals surface area contributed by atoms with Crippen molar-refractivity contribution in [2.24, 2.45) is 0 Å². The Balaban J connectivity index is 1.79. The van der Waals surface area contributed by atoms with E-state index in [9.17, 15) is 19.1 Å². The molecule has 3 rings (SSSR count). The highest BCUT2D eigenvalue weighted by Gasteiger charge is 2.27. The molecule has 6 heteroatoms. The molecule has 5 nitrogen and oxygen atoms in total. The second kappa shape index (κ2) is 6.08. The number of nitrogens with one attached hydrogen (secondary N) is 1. The number of hydrogen-bond acceptors (Lipinski definition) is 4. The zero-order valence-corrected chi connectivity index (χ0v) is 12.1. The van der Waals surface area contributed by atoms with Crippen LogP contribution >= 0.6 is 0 Å². The van der Waals surface area contributed by atoms with Gasteiger partial charge >= 0.3 is 0 Å². The van der Waals surface area contributed by atoms with Gasteiger partial charge in [0.05, 0.1) is 5.57 Å². The van der Waals surface area contributed by atoms with Gasteiger partial charge in [0.15, 0.2) is 11.5 Å². The lowest BCUT2D eigenvalue weighted by molar-refractivity contribution is -0.120. The molecule has 0 radical (unpaired) electrons. The van der Waals surface area contributed by atoms with Crippen molar-refractivity contribution in [3.63, 3.8) is 0 Å². The third-order valence-corrected chi connectivity index (χ3v) is 3.61. The van der Waals surface area contributed by atoms with Crippen molar-refractivity contribution in [2.45, 2.75) is 12.8 Å². The van der Waals surface area contributed by atoms with Gasteiger partial charge in [-0.1, -0.05) is 12.1 Å². The van der Waals surface area contributed by atoms with E-state index in [0.29, 0.717) is 18.7 Å². The Morgan fingerprint density at radius 2 is 1.96 bits per heavy atom. The SMILES string of the molecule is O=C1NCCC(C(=O)c2ccc(Cc3ccc(F)cc3)o2)=C1O. The van der Waals surface area contributed by atoms with Gasteiger partial charge < -0.3 is 14.8 Å². The fraction of sp³-hybridized carbons (Fsp3) is 0.176. The first-order valence-electron chi connectivity index (χ1n) is 7.13. The Kier molecular flexibility index (Phi) is 3.97. The summed E-state index contributed by atoms with van der Waals surface area (Å²) in [4.78, 5) is 23.7. The summed E-state index contributed by atoms with van der Waals surface area (Å²) in [5.74, 6) is -1.42. The van der Waals surface area contributed by atoms with Crippen molar-refractivity contribution in [3.05, 3.63) is 70.6 Å².